The van der Waals surface area contributed by atoms with Crippen LogP contribution >= 0.6 is 0 Å². The Morgan fingerprint density at radius 3 is 2.12 bits per heavy atom. The molecule has 0 aliphatic rings. The normalized spacial score (nSPS) is 13.2. The van der Waals surface area contributed by atoms with Crippen molar-refractivity contribution in [3.8, 4) is 0 Å². The molecule has 6 nitrogen and oxygen atoms in total. The molecule has 0 aliphatic carbocycles. The maximum absolute atomic E-state index is 10.4. The largest absolute Gasteiger partial charge is 0.479 e. The van der Waals surface area contributed by atoms with Gasteiger partial charge < -0.3 is 20.4 Å². The molecular weight excluding hydrogens is 216 g/mol. The summed E-state index contributed by atoms with van der Waals surface area (Å²) in [7, 11) is 0. The molecule has 0 amide bonds. The van der Waals surface area contributed by atoms with Gasteiger partial charge in [0.05, 0.1) is 0 Å². The van der Waals surface area contributed by atoms with E-state index in [4.69, 9.17) is 10.2 Å². The van der Waals surface area contributed by atoms with Crippen LogP contribution in [0.3, 0.4) is 0 Å². The van der Waals surface area contributed by atoms with Gasteiger partial charge in [-0.1, -0.05) is 24.3 Å². The Labute approximate surface area is 90.4 Å². The highest BCUT2D eigenvalue weighted by atomic mass is 16.5. The summed E-state index contributed by atoms with van der Waals surface area (Å²) in [6, 6.07) is 4.85. The lowest BCUT2D eigenvalue weighted by molar-refractivity contribution is -0.237. The third kappa shape index (κ3) is 2.25. The summed E-state index contributed by atoms with van der Waals surface area (Å²) >= 11 is 0. The SMILES string of the molecule is O=Cc1ccc(C(O)(O)C(O)C(=O)O)cc1. The number of carboxylic acids is 1. The zero-order chi connectivity index (χ0) is 12.3. The van der Waals surface area contributed by atoms with Gasteiger partial charge in [-0.2, -0.15) is 0 Å². The molecule has 0 bridgehead atoms. The van der Waals surface area contributed by atoms with E-state index in [2.05, 4.69) is 0 Å². The Hall–Kier alpha value is -1.76. The van der Waals surface area contributed by atoms with Gasteiger partial charge in [0.1, 0.15) is 6.29 Å². The minimum atomic E-state index is -2.90. The minimum Gasteiger partial charge on any atom is -0.479 e. The fourth-order valence-electron chi connectivity index (χ4n) is 1.14. The number of aliphatic carboxylic acids is 1. The molecule has 0 saturated carbocycles. The standard InChI is InChI=1S/C10H10O6/c11-5-6-1-3-7(4-2-6)10(15,16)8(12)9(13)14/h1-5,8,12,15-16H,(H,13,14). The minimum absolute atomic E-state index is 0.215. The first kappa shape index (κ1) is 12.3. The number of aliphatic hydroxyl groups is 3. The zero-order valence-electron chi connectivity index (χ0n) is 8.07. The zero-order valence-corrected chi connectivity index (χ0v) is 8.07. The first-order valence-electron chi connectivity index (χ1n) is 4.31. The summed E-state index contributed by atoms with van der Waals surface area (Å²) in [6.07, 6.45) is -1.82. The van der Waals surface area contributed by atoms with Crippen LogP contribution in [0.5, 0.6) is 0 Å². The predicted molar refractivity (Wildman–Crippen MR) is 51.6 cm³/mol. The average Bonchev–Trinajstić information content (AvgIpc) is 2.28. The van der Waals surface area contributed by atoms with Gasteiger partial charge in [-0.05, 0) is 0 Å². The molecule has 0 aliphatic heterocycles. The lowest BCUT2D eigenvalue weighted by atomic mass is 9.99. The third-order valence-corrected chi connectivity index (χ3v) is 2.09. The molecule has 0 radical (unpaired) electrons. The van der Waals surface area contributed by atoms with E-state index in [1.54, 1.807) is 0 Å². The van der Waals surface area contributed by atoms with E-state index in [1.807, 2.05) is 0 Å². The lowest BCUT2D eigenvalue weighted by Crippen LogP contribution is -2.44. The quantitative estimate of drug-likeness (QED) is 0.390. The maximum Gasteiger partial charge on any atom is 0.338 e. The van der Waals surface area contributed by atoms with Crippen molar-refractivity contribution < 1.29 is 30.0 Å². The summed E-state index contributed by atoms with van der Waals surface area (Å²) < 4.78 is 0. The topological polar surface area (TPSA) is 115 Å². The molecule has 0 heterocycles. The van der Waals surface area contributed by atoms with Gasteiger partial charge in [-0.3, -0.25) is 4.79 Å². The van der Waals surface area contributed by atoms with E-state index < -0.39 is 17.9 Å². The molecule has 1 atom stereocenters. The van der Waals surface area contributed by atoms with Gasteiger partial charge in [-0.25, -0.2) is 4.79 Å². The lowest BCUT2D eigenvalue weighted by Gasteiger charge is -2.24. The molecule has 6 heteroatoms. The summed E-state index contributed by atoms with van der Waals surface area (Å²) in [4.78, 5) is 20.8. The van der Waals surface area contributed by atoms with E-state index in [1.165, 1.54) is 12.1 Å². The number of benzene rings is 1. The first-order chi connectivity index (χ1) is 7.39. The van der Waals surface area contributed by atoms with Crippen LogP contribution in [-0.4, -0.2) is 38.8 Å². The number of hydrogen-bond acceptors (Lipinski definition) is 5. The molecule has 0 spiro atoms. The number of carbonyl (C=O) groups is 2. The van der Waals surface area contributed by atoms with Crippen molar-refractivity contribution in [2.24, 2.45) is 0 Å². The Morgan fingerprint density at radius 2 is 1.75 bits per heavy atom. The van der Waals surface area contributed by atoms with Crippen LogP contribution in [0.25, 0.3) is 0 Å². The third-order valence-electron chi connectivity index (χ3n) is 2.09. The highest BCUT2D eigenvalue weighted by Gasteiger charge is 2.40. The number of carboxylic acid groups (broad SMARTS) is 1. The van der Waals surface area contributed by atoms with Crippen LogP contribution in [0.4, 0.5) is 0 Å². The van der Waals surface area contributed by atoms with Crippen LogP contribution in [0.1, 0.15) is 15.9 Å². The molecule has 1 rings (SSSR count). The number of rotatable bonds is 4. The number of carbonyl (C=O) groups excluding carboxylic acids is 1. The van der Waals surface area contributed by atoms with Gasteiger partial charge in [0.2, 0.25) is 11.9 Å². The van der Waals surface area contributed by atoms with E-state index in [-0.39, 0.29) is 5.56 Å². The van der Waals surface area contributed by atoms with Crippen molar-refractivity contribution in [1.29, 1.82) is 0 Å². The van der Waals surface area contributed by atoms with Gasteiger partial charge in [-0.15, -0.1) is 0 Å². The number of aliphatic hydroxyl groups excluding tert-OH is 1. The van der Waals surface area contributed by atoms with Gasteiger partial charge >= 0.3 is 5.97 Å². The highest BCUT2D eigenvalue weighted by molar-refractivity contribution is 5.75. The molecule has 0 fully saturated rings. The van der Waals surface area contributed by atoms with Crippen LogP contribution < -0.4 is 0 Å². The second kappa shape index (κ2) is 4.40. The van der Waals surface area contributed by atoms with Crippen molar-refractivity contribution in [3.63, 3.8) is 0 Å². The molecule has 1 aromatic rings. The molecule has 1 aromatic carbocycles. The molecule has 1 unspecified atom stereocenters. The number of hydrogen-bond donors (Lipinski definition) is 4. The van der Waals surface area contributed by atoms with Crippen LogP contribution in [0, 0.1) is 0 Å². The predicted octanol–water partition coefficient (Wildman–Crippen LogP) is -0.918. The van der Waals surface area contributed by atoms with E-state index in [9.17, 15) is 19.8 Å². The fraction of sp³-hybridized carbons (Fsp3) is 0.200. The summed E-state index contributed by atoms with van der Waals surface area (Å²) in [6.45, 7) is 0. The van der Waals surface area contributed by atoms with Crippen molar-refractivity contribution in [3.05, 3.63) is 35.4 Å². The average molecular weight is 226 g/mol. The summed E-state index contributed by atoms with van der Waals surface area (Å²) in [5, 5.41) is 36.4. The summed E-state index contributed by atoms with van der Waals surface area (Å²) in [5.74, 6) is -4.66. The van der Waals surface area contributed by atoms with Gasteiger partial charge in [0.15, 0.2) is 0 Å². The Kier molecular flexibility index (Phi) is 3.38. The molecule has 0 aromatic heterocycles. The second-order valence-electron chi connectivity index (χ2n) is 3.21. The Bertz CT molecular complexity index is 394. The monoisotopic (exact) mass is 226 g/mol. The van der Waals surface area contributed by atoms with E-state index >= 15 is 0 Å². The van der Waals surface area contributed by atoms with Crippen LogP contribution in [0.15, 0.2) is 24.3 Å². The first-order valence-corrected chi connectivity index (χ1v) is 4.31. The van der Waals surface area contributed by atoms with Crippen LogP contribution in [0.2, 0.25) is 0 Å². The Morgan fingerprint density at radius 1 is 1.25 bits per heavy atom. The second-order valence-corrected chi connectivity index (χ2v) is 3.21. The van der Waals surface area contributed by atoms with Crippen molar-refractivity contribution >= 4 is 12.3 Å². The van der Waals surface area contributed by atoms with Gasteiger partial charge in [0, 0.05) is 11.1 Å². The highest BCUT2D eigenvalue weighted by Crippen LogP contribution is 2.22. The maximum atomic E-state index is 10.4. The fourth-order valence-corrected chi connectivity index (χ4v) is 1.14. The molecular formula is C10H10O6. The smallest absolute Gasteiger partial charge is 0.338 e. The summed E-state index contributed by atoms with van der Waals surface area (Å²) in [5.41, 5.74) is 0.0809. The van der Waals surface area contributed by atoms with Crippen molar-refractivity contribution in [2.45, 2.75) is 11.9 Å². The molecule has 16 heavy (non-hydrogen) atoms. The van der Waals surface area contributed by atoms with E-state index in [0.717, 1.165) is 12.1 Å². The van der Waals surface area contributed by atoms with Gasteiger partial charge in [0.25, 0.3) is 0 Å². The van der Waals surface area contributed by atoms with Crippen molar-refractivity contribution in [1.82, 2.24) is 0 Å². The molecule has 86 valence electrons. The Balaban J connectivity index is 3.06. The number of aldehydes is 1. The van der Waals surface area contributed by atoms with E-state index in [0.29, 0.717) is 11.8 Å². The van der Waals surface area contributed by atoms with Crippen LogP contribution in [-0.2, 0) is 10.6 Å². The molecule has 0 saturated heterocycles. The van der Waals surface area contributed by atoms with Crippen molar-refractivity contribution in [2.75, 3.05) is 0 Å². The molecule has 4 N–H and O–H groups in total.